The second-order valence-corrected chi connectivity index (χ2v) is 6.88. The Morgan fingerprint density at radius 3 is 2.42 bits per heavy atom. The van der Waals surface area contributed by atoms with Crippen LogP contribution in [0.15, 0.2) is 42.5 Å². The van der Waals surface area contributed by atoms with E-state index < -0.39 is 5.97 Å². The summed E-state index contributed by atoms with van der Waals surface area (Å²) in [4.78, 5) is 26.3. The van der Waals surface area contributed by atoms with Gasteiger partial charge in [0.1, 0.15) is 0 Å². The van der Waals surface area contributed by atoms with Gasteiger partial charge in [-0.25, -0.2) is 4.79 Å². The molecule has 1 aliphatic heterocycles. The highest BCUT2D eigenvalue weighted by molar-refractivity contribution is 5.96. The molecule has 1 fully saturated rings. The number of piperidine rings is 1. The van der Waals surface area contributed by atoms with Crippen molar-refractivity contribution >= 4 is 22.6 Å². The topological polar surface area (TPSA) is 46.6 Å². The Bertz CT molecular complexity index is 745. The molecule has 0 aliphatic carbocycles. The Kier molecular flexibility index (Phi) is 4.84. The van der Waals surface area contributed by atoms with E-state index in [1.54, 1.807) is 12.1 Å². The summed E-state index contributed by atoms with van der Waals surface area (Å²) >= 11 is 0. The molecule has 1 amide bonds. The van der Waals surface area contributed by atoms with Crippen molar-refractivity contribution in [3.05, 3.63) is 48.0 Å². The van der Waals surface area contributed by atoms with Crippen LogP contribution in [-0.4, -0.2) is 36.5 Å². The smallest absolute Gasteiger partial charge is 0.338 e. The van der Waals surface area contributed by atoms with Gasteiger partial charge in [-0.05, 0) is 41.2 Å². The van der Waals surface area contributed by atoms with Crippen LogP contribution >= 0.6 is 0 Å². The minimum absolute atomic E-state index is 0.109. The van der Waals surface area contributed by atoms with Gasteiger partial charge in [-0.3, -0.25) is 4.79 Å². The number of hydrogen-bond acceptors (Lipinski definition) is 3. The van der Waals surface area contributed by atoms with Crippen molar-refractivity contribution in [2.45, 2.75) is 20.3 Å². The predicted molar refractivity (Wildman–Crippen MR) is 93.8 cm³/mol. The molecule has 0 saturated carbocycles. The normalized spacial score (nSPS) is 20.8. The van der Waals surface area contributed by atoms with Crippen molar-refractivity contribution in [1.82, 2.24) is 4.90 Å². The highest BCUT2D eigenvalue weighted by Gasteiger charge is 2.26. The number of ether oxygens (including phenoxy) is 1. The maximum absolute atomic E-state index is 12.3. The van der Waals surface area contributed by atoms with E-state index in [1.165, 1.54) is 0 Å². The van der Waals surface area contributed by atoms with Crippen LogP contribution < -0.4 is 0 Å². The van der Waals surface area contributed by atoms with Crippen molar-refractivity contribution in [1.29, 1.82) is 0 Å². The third-order valence-corrected chi connectivity index (χ3v) is 4.53. The summed E-state index contributed by atoms with van der Waals surface area (Å²) in [6.07, 6.45) is 1.14. The second kappa shape index (κ2) is 7.04. The van der Waals surface area contributed by atoms with Crippen LogP contribution in [-0.2, 0) is 9.53 Å². The highest BCUT2D eigenvalue weighted by Crippen LogP contribution is 2.21. The summed E-state index contributed by atoms with van der Waals surface area (Å²) in [6, 6.07) is 13.3. The van der Waals surface area contributed by atoms with Gasteiger partial charge in [0, 0.05) is 13.1 Å². The monoisotopic (exact) mass is 325 g/mol. The van der Waals surface area contributed by atoms with E-state index >= 15 is 0 Å². The number of carbonyl (C=O) groups is 2. The van der Waals surface area contributed by atoms with Crippen molar-refractivity contribution in [2.75, 3.05) is 19.7 Å². The zero-order valence-corrected chi connectivity index (χ0v) is 14.2. The molecule has 0 N–H and O–H groups in total. The maximum atomic E-state index is 12.3. The van der Waals surface area contributed by atoms with Gasteiger partial charge in [0.2, 0.25) is 0 Å². The van der Waals surface area contributed by atoms with Crippen LogP contribution in [0, 0.1) is 11.8 Å². The molecule has 2 atom stereocenters. The minimum Gasteiger partial charge on any atom is -0.452 e. The van der Waals surface area contributed by atoms with Crippen molar-refractivity contribution in [3.63, 3.8) is 0 Å². The molecule has 3 rings (SSSR count). The number of carbonyl (C=O) groups excluding carboxylic acids is 2. The van der Waals surface area contributed by atoms with Gasteiger partial charge in [0.05, 0.1) is 5.56 Å². The SMILES string of the molecule is C[C@H]1C[C@H](C)CN(C(=O)COC(=O)c2ccc3ccccc3c2)C1. The van der Waals surface area contributed by atoms with Crippen molar-refractivity contribution in [2.24, 2.45) is 11.8 Å². The number of fused-ring (bicyclic) bond motifs is 1. The molecule has 126 valence electrons. The third kappa shape index (κ3) is 3.75. The fourth-order valence-electron chi connectivity index (χ4n) is 3.48. The first-order valence-electron chi connectivity index (χ1n) is 8.46. The summed E-state index contributed by atoms with van der Waals surface area (Å²) in [5.74, 6) is 0.428. The van der Waals surface area contributed by atoms with Crippen LogP contribution in [0.4, 0.5) is 0 Å². The maximum Gasteiger partial charge on any atom is 0.338 e. The quantitative estimate of drug-likeness (QED) is 0.812. The van der Waals surface area contributed by atoms with E-state index in [9.17, 15) is 9.59 Å². The van der Waals surface area contributed by atoms with Crippen LogP contribution in [0.1, 0.15) is 30.6 Å². The largest absolute Gasteiger partial charge is 0.452 e. The van der Waals surface area contributed by atoms with Crippen LogP contribution in [0.2, 0.25) is 0 Å². The van der Waals surface area contributed by atoms with E-state index in [-0.39, 0.29) is 12.5 Å². The zero-order chi connectivity index (χ0) is 17.1. The van der Waals surface area contributed by atoms with Gasteiger partial charge >= 0.3 is 5.97 Å². The number of esters is 1. The Labute approximate surface area is 142 Å². The van der Waals surface area contributed by atoms with Gasteiger partial charge in [-0.1, -0.05) is 44.2 Å². The molecule has 0 unspecified atom stereocenters. The molecule has 4 heteroatoms. The van der Waals surface area contributed by atoms with Gasteiger partial charge in [0.25, 0.3) is 5.91 Å². The molecule has 2 aromatic carbocycles. The Morgan fingerprint density at radius 1 is 1.04 bits per heavy atom. The fraction of sp³-hybridized carbons (Fsp3) is 0.400. The minimum atomic E-state index is -0.452. The number of likely N-dealkylation sites (tertiary alicyclic amines) is 1. The first-order chi connectivity index (χ1) is 11.5. The average Bonchev–Trinajstić information content (AvgIpc) is 2.58. The lowest BCUT2D eigenvalue weighted by Gasteiger charge is -2.34. The molecule has 1 aliphatic rings. The highest BCUT2D eigenvalue weighted by atomic mass is 16.5. The van der Waals surface area contributed by atoms with Gasteiger partial charge in [-0.2, -0.15) is 0 Å². The molecule has 0 radical (unpaired) electrons. The molecule has 2 aromatic rings. The molecule has 0 aromatic heterocycles. The number of amides is 1. The van der Waals surface area contributed by atoms with Gasteiger partial charge in [0.15, 0.2) is 6.61 Å². The second-order valence-electron chi connectivity index (χ2n) is 6.88. The van der Waals surface area contributed by atoms with Gasteiger partial charge in [-0.15, -0.1) is 0 Å². The predicted octanol–water partition coefficient (Wildman–Crippen LogP) is 3.50. The molecule has 1 heterocycles. The lowest BCUT2D eigenvalue weighted by Crippen LogP contribution is -2.44. The average molecular weight is 325 g/mol. The summed E-state index contributed by atoms with van der Waals surface area (Å²) < 4.78 is 5.23. The molecule has 0 spiro atoms. The van der Waals surface area contributed by atoms with Crippen molar-refractivity contribution in [3.8, 4) is 0 Å². The zero-order valence-electron chi connectivity index (χ0n) is 14.2. The third-order valence-electron chi connectivity index (χ3n) is 4.53. The van der Waals surface area contributed by atoms with E-state index in [2.05, 4.69) is 13.8 Å². The number of rotatable bonds is 3. The Hall–Kier alpha value is -2.36. The standard InChI is InChI=1S/C20H23NO3/c1-14-9-15(2)12-21(11-14)19(22)13-24-20(23)18-8-7-16-5-3-4-6-17(16)10-18/h3-8,10,14-15H,9,11-13H2,1-2H3/t14-,15-/m0/s1. The lowest BCUT2D eigenvalue weighted by molar-refractivity contribution is -0.137. The van der Waals surface area contributed by atoms with Crippen molar-refractivity contribution < 1.29 is 14.3 Å². The number of hydrogen-bond donors (Lipinski definition) is 0. The molecule has 4 nitrogen and oxygen atoms in total. The number of nitrogens with zero attached hydrogens (tertiary/aromatic N) is 1. The van der Waals surface area contributed by atoms with Crippen LogP contribution in [0.25, 0.3) is 10.8 Å². The summed E-state index contributed by atoms with van der Waals surface area (Å²) in [6.45, 7) is 5.60. The van der Waals surface area contributed by atoms with Gasteiger partial charge < -0.3 is 9.64 Å². The summed E-state index contributed by atoms with van der Waals surface area (Å²) in [5.41, 5.74) is 0.474. The van der Waals surface area contributed by atoms with Crippen LogP contribution in [0.3, 0.4) is 0 Å². The molecule has 1 saturated heterocycles. The molecule has 24 heavy (non-hydrogen) atoms. The first kappa shape index (κ1) is 16.5. The first-order valence-corrected chi connectivity index (χ1v) is 8.46. The van der Waals surface area contributed by atoms with E-state index in [4.69, 9.17) is 4.74 Å². The van der Waals surface area contributed by atoms with E-state index in [1.807, 2.05) is 35.2 Å². The molecular weight excluding hydrogens is 302 g/mol. The molecular formula is C20H23NO3. The van der Waals surface area contributed by atoms with E-state index in [0.29, 0.717) is 17.4 Å². The summed E-state index contributed by atoms with van der Waals surface area (Å²) in [5, 5.41) is 2.05. The number of benzene rings is 2. The summed E-state index contributed by atoms with van der Waals surface area (Å²) in [7, 11) is 0. The van der Waals surface area contributed by atoms with Crippen LogP contribution in [0.5, 0.6) is 0 Å². The van der Waals surface area contributed by atoms with E-state index in [0.717, 1.165) is 30.3 Å². The lowest BCUT2D eigenvalue weighted by atomic mass is 9.92. The Balaban J connectivity index is 1.60. The molecule has 0 bridgehead atoms. The Morgan fingerprint density at radius 2 is 1.71 bits per heavy atom. The fourth-order valence-corrected chi connectivity index (χ4v) is 3.48.